The second kappa shape index (κ2) is 9.14. The lowest BCUT2D eigenvalue weighted by Gasteiger charge is -2.22. The molecule has 0 radical (unpaired) electrons. The molecule has 0 aliphatic carbocycles. The standard InChI is InChI=1S/C20H22N2O4S/c1-24-18-6-5-15(10-19(18)25-2)11-21-20(23)22(12-16-7-8-26-14-16)13-17-4-3-9-27-17/h3-10,14H,11-13H2,1-2H3,(H,21,23). The Kier molecular flexibility index (Phi) is 6.38. The molecule has 1 aromatic carbocycles. The summed E-state index contributed by atoms with van der Waals surface area (Å²) in [7, 11) is 3.19. The smallest absolute Gasteiger partial charge is 0.318 e. The van der Waals surface area contributed by atoms with Gasteiger partial charge in [0.25, 0.3) is 0 Å². The van der Waals surface area contributed by atoms with Crippen molar-refractivity contribution in [3.05, 3.63) is 70.3 Å². The predicted octanol–water partition coefficient (Wildman–Crippen LogP) is 4.27. The van der Waals surface area contributed by atoms with Gasteiger partial charge in [-0.1, -0.05) is 12.1 Å². The van der Waals surface area contributed by atoms with E-state index in [1.54, 1.807) is 43.0 Å². The monoisotopic (exact) mass is 386 g/mol. The van der Waals surface area contributed by atoms with Gasteiger partial charge in [-0.25, -0.2) is 4.79 Å². The number of hydrogen-bond donors (Lipinski definition) is 1. The van der Waals surface area contributed by atoms with Gasteiger partial charge in [-0.15, -0.1) is 11.3 Å². The van der Waals surface area contributed by atoms with Crippen molar-refractivity contribution in [2.75, 3.05) is 14.2 Å². The molecule has 2 heterocycles. The van der Waals surface area contributed by atoms with E-state index in [2.05, 4.69) is 5.32 Å². The van der Waals surface area contributed by atoms with Gasteiger partial charge in [-0.2, -0.15) is 0 Å². The van der Waals surface area contributed by atoms with Crippen LogP contribution in [0.3, 0.4) is 0 Å². The first kappa shape index (κ1) is 18.8. The molecule has 0 atom stereocenters. The Balaban J connectivity index is 1.66. The highest BCUT2D eigenvalue weighted by Crippen LogP contribution is 2.27. The van der Waals surface area contributed by atoms with Crippen LogP contribution in [0.1, 0.15) is 16.0 Å². The van der Waals surface area contributed by atoms with Crippen molar-refractivity contribution in [3.8, 4) is 11.5 Å². The number of ether oxygens (including phenoxy) is 2. The first-order valence-corrected chi connectivity index (χ1v) is 9.34. The number of carbonyl (C=O) groups is 1. The average Bonchev–Trinajstić information content (AvgIpc) is 3.39. The molecule has 0 bridgehead atoms. The van der Waals surface area contributed by atoms with E-state index in [1.165, 1.54) is 0 Å². The van der Waals surface area contributed by atoms with E-state index in [9.17, 15) is 4.79 Å². The van der Waals surface area contributed by atoms with Crippen molar-refractivity contribution in [2.24, 2.45) is 0 Å². The highest BCUT2D eigenvalue weighted by atomic mass is 32.1. The van der Waals surface area contributed by atoms with Gasteiger partial charge in [0.2, 0.25) is 0 Å². The van der Waals surface area contributed by atoms with Crippen LogP contribution in [0.4, 0.5) is 4.79 Å². The summed E-state index contributed by atoms with van der Waals surface area (Å²) < 4.78 is 15.7. The average molecular weight is 386 g/mol. The van der Waals surface area contributed by atoms with Gasteiger partial charge in [0.1, 0.15) is 0 Å². The summed E-state index contributed by atoms with van der Waals surface area (Å²) in [4.78, 5) is 15.7. The van der Waals surface area contributed by atoms with Crippen molar-refractivity contribution < 1.29 is 18.7 Å². The molecule has 2 aromatic heterocycles. The second-order valence-corrected chi connectivity index (χ2v) is 6.95. The number of urea groups is 1. The van der Waals surface area contributed by atoms with Crippen LogP contribution in [-0.4, -0.2) is 25.2 Å². The van der Waals surface area contributed by atoms with E-state index >= 15 is 0 Å². The number of nitrogens with zero attached hydrogens (tertiary/aromatic N) is 1. The van der Waals surface area contributed by atoms with Gasteiger partial charge in [0, 0.05) is 17.0 Å². The van der Waals surface area contributed by atoms with Crippen LogP contribution >= 0.6 is 11.3 Å². The highest BCUT2D eigenvalue weighted by Gasteiger charge is 2.16. The maximum absolute atomic E-state index is 12.8. The topological polar surface area (TPSA) is 63.9 Å². The molecular weight excluding hydrogens is 364 g/mol. The summed E-state index contributed by atoms with van der Waals surface area (Å²) in [6.07, 6.45) is 3.27. The normalized spacial score (nSPS) is 10.4. The summed E-state index contributed by atoms with van der Waals surface area (Å²) in [5.41, 5.74) is 1.88. The molecule has 6 nitrogen and oxygen atoms in total. The third-order valence-corrected chi connectivity index (χ3v) is 4.92. The molecule has 27 heavy (non-hydrogen) atoms. The SMILES string of the molecule is COc1ccc(CNC(=O)N(Cc2ccoc2)Cc2cccs2)cc1OC. The molecule has 3 rings (SSSR count). The van der Waals surface area contributed by atoms with Crippen molar-refractivity contribution in [2.45, 2.75) is 19.6 Å². The molecule has 0 unspecified atom stereocenters. The van der Waals surface area contributed by atoms with E-state index in [1.807, 2.05) is 41.8 Å². The maximum Gasteiger partial charge on any atom is 0.318 e. The summed E-state index contributed by atoms with van der Waals surface area (Å²) in [6.45, 7) is 1.41. The summed E-state index contributed by atoms with van der Waals surface area (Å²) in [6, 6.07) is 11.3. The molecule has 0 saturated heterocycles. The van der Waals surface area contributed by atoms with Gasteiger partial charge < -0.3 is 24.1 Å². The fourth-order valence-electron chi connectivity index (χ4n) is 2.67. The molecular formula is C20H22N2O4S. The van der Waals surface area contributed by atoms with Crippen molar-refractivity contribution in [1.29, 1.82) is 0 Å². The van der Waals surface area contributed by atoms with Gasteiger partial charge >= 0.3 is 6.03 Å². The highest BCUT2D eigenvalue weighted by molar-refractivity contribution is 7.09. The first-order valence-electron chi connectivity index (χ1n) is 8.46. The Morgan fingerprint density at radius 1 is 1.11 bits per heavy atom. The van der Waals surface area contributed by atoms with E-state index in [0.717, 1.165) is 16.0 Å². The molecule has 0 fully saturated rings. The number of benzene rings is 1. The minimum atomic E-state index is -0.139. The number of nitrogens with one attached hydrogen (secondary N) is 1. The Morgan fingerprint density at radius 3 is 2.63 bits per heavy atom. The molecule has 0 aliphatic heterocycles. The van der Waals surface area contributed by atoms with Crippen LogP contribution in [0.15, 0.2) is 58.7 Å². The van der Waals surface area contributed by atoms with E-state index in [4.69, 9.17) is 13.9 Å². The van der Waals surface area contributed by atoms with E-state index < -0.39 is 0 Å². The number of hydrogen-bond acceptors (Lipinski definition) is 5. The van der Waals surface area contributed by atoms with Crippen LogP contribution in [0.25, 0.3) is 0 Å². The second-order valence-electron chi connectivity index (χ2n) is 5.92. The number of methoxy groups -OCH3 is 2. The summed E-state index contributed by atoms with van der Waals surface area (Å²) >= 11 is 1.63. The third kappa shape index (κ3) is 5.04. The molecule has 0 aliphatic rings. The third-order valence-electron chi connectivity index (χ3n) is 4.06. The summed E-state index contributed by atoms with van der Waals surface area (Å²) in [5.74, 6) is 1.30. The lowest BCUT2D eigenvalue weighted by atomic mass is 10.2. The quantitative estimate of drug-likeness (QED) is 0.628. The Labute approximate surface area is 162 Å². The van der Waals surface area contributed by atoms with Crippen LogP contribution in [0.5, 0.6) is 11.5 Å². The van der Waals surface area contributed by atoms with Crippen LogP contribution < -0.4 is 14.8 Å². The van der Waals surface area contributed by atoms with Crippen LogP contribution in [0.2, 0.25) is 0 Å². The number of thiophene rings is 1. The molecule has 0 spiro atoms. The minimum Gasteiger partial charge on any atom is -0.493 e. The van der Waals surface area contributed by atoms with Gasteiger partial charge in [-0.05, 0) is 35.2 Å². The Hall–Kier alpha value is -2.93. The van der Waals surface area contributed by atoms with E-state index in [0.29, 0.717) is 31.1 Å². The number of rotatable bonds is 8. The lowest BCUT2D eigenvalue weighted by molar-refractivity contribution is 0.192. The van der Waals surface area contributed by atoms with Gasteiger partial charge in [0.05, 0.1) is 39.8 Å². The van der Waals surface area contributed by atoms with Crippen molar-refractivity contribution >= 4 is 17.4 Å². The van der Waals surface area contributed by atoms with Gasteiger partial charge in [0.15, 0.2) is 11.5 Å². The molecule has 7 heteroatoms. The predicted molar refractivity (Wildman–Crippen MR) is 104 cm³/mol. The van der Waals surface area contributed by atoms with Crippen LogP contribution in [0, 0.1) is 0 Å². The molecule has 142 valence electrons. The number of amides is 2. The zero-order valence-electron chi connectivity index (χ0n) is 15.3. The van der Waals surface area contributed by atoms with Crippen molar-refractivity contribution in [3.63, 3.8) is 0 Å². The van der Waals surface area contributed by atoms with Crippen molar-refractivity contribution in [1.82, 2.24) is 10.2 Å². The van der Waals surface area contributed by atoms with Gasteiger partial charge in [-0.3, -0.25) is 0 Å². The van der Waals surface area contributed by atoms with E-state index in [-0.39, 0.29) is 6.03 Å². The molecule has 0 saturated carbocycles. The first-order chi connectivity index (χ1) is 13.2. The fraction of sp³-hybridized carbons (Fsp3) is 0.250. The number of carbonyl (C=O) groups excluding carboxylic acids is 1. The summed E-state index contributed by atoms with van der Waals surface area (Å²) in [5, 5.41) is 4.98. The zero-order chi connectivity index (χ0) is 19.1. The number of furan rings is 1. The largest absolute Gasteiger partial charge is 0.493 e. The minimum absolute atomic E-state index is 0.139. The Bertz CT molecular complexity index is 811. The van der Waals surface area contributed by atoms with Crippen LogP contribution in [-0.2, 0) is 19.6 Å². The molecule has 3 aromatic rings. The maximum atomic E-state index is 12.8. The molecule has 1 N–H and O–H groups in total. The molecule has 2 amide bonds. The zero-order valence-corrected chi connectivity index (χ0v) is 16.1. The Morgan fingerprint density at radius 2 is 1.96 bits per heavy atom. The fourth-order valence-corrected chi connectivity index (χ4v) is 3.39. The lowest BCUT2D eigenvalue weighted by Crippen LogP contribution is -2.38.